The van der Waals surface area contributed by atoms with Crippen molar-refractivity contribution in [3.8, 4) is 0 Å². The molecule has 1 fully saturated rings. The van der Waals surface area contributed by atoms with Gasteiger partial charge in [0.2, 0.25) is 0 Å². The lowest BCUT2D eigenvalue weighted by molar-refractivity contribution is 0.875. The molecule has 0 atom stereocenters. The molecule has 0 aliphatic heterocycles. The molecule has 0 amide bonds. The second kappa shape index (κ2) is 5.97. The highest BCUT2D eigenvalue weighted by Gasteiger charge is 2.27. The highest BCUT2D eigenvalue weighted by atomic mass is 35.5. The predicted octanol–water partition coefficient (Wildman–Crippen LogP) is 3.99. The first-order valence-electron chi connectivity index (χ1n) is 6.67. The van der Waals surface area contributed by atoms with Gasteiger partial charge in [0, 0.05) is 24.7 Å². The van der Waals surface area contributed by atoms with Gasteiger partial charge in [-0.1, -0.05) is 11.6 Å². The van der Waals surface area contributed by atoms with Crippen molar-refractivity contribution in [1.29, 1.82) is 0 Å². The first-order valence-corrected chi connectivity index (χ1v) is 7.87. The number of nitrogens with zero attached hydrogens (tertiary/aromatic N) is 3. The molecule has 3 rings (SSSR count). The number of rotatable bonds is 5. The van der Waals surface area contributed by atoms with Crippen LogP contribution in [0.1, 0.15) is 31.5 Å². The maximum atomic E-state index is 6.15. The molecule has 1 N–H and O–H groups in total. The zero-order valence-electron chi connectivity index (χ0n) is 11.1. The van der Waals surface area contributed by atoms with E-state index in [0.29, 0.717) is 10.9 Å². The summed E-state index contributed by atoms with van der Waals surface area (Å²) in [5, 5.41) is 5.56. The van der Waals surface area contributed by atoms with Crippen LogP contribution in [0.5, 0.6) is 0 Å². The van der Waals surface area contributed by atoms with E-state index in [-0.39, 0.29) is 0 Å². The fraction of sp³-hybridized carbons (Fsp3) is 0.357. The van der Waals surface area contributed by atoms with Crippen molar-refractivity contribution >= 4 is 29.2 Å². The molecule has 1 saturated carbocycles. The Bertz CT molecular complexity index is 616. The van der Waals surface area contributed by atoms with Gasteiger partial charge in [0.05, 0.1) is 5.02 Å². The summed E-state index contributed by atoms with van der Waals surface area (Å²) >= 11 is 7.63. The molecule has 104 valence electrons. The molecule has 1 aliphatic carbocycles. The van der Waals surface area contributed by atoms with Crippen molar-refractivity contribution in [1.82, 2.24) is 15.0 Å². The number of pyridine rings is 1. The van der Waals surface area contributed by atoms with E-state index in [1.54, 1.807) is 6.20 Å². The minimum Gasteiger partial charge on any atom is -0.370 e. The number of nitrogens with one attached hydrogen (secondary N) is 1. The van der Waals surface area contributed by atoms with E-state index in [9.17, 15) is 0 Å². The van der Waals surface area contributed by atoms with Crippen LogP contribution in [-0.4, -0.2) is 21.5 Å². The second-order valence-electron chi connectivity index (χ2n) is 4.65. The summed E-state index contributed by atoms with van der Waals surface area (Å²) in [6.07, 6.45) is 4.11. The third-order valence-corrected chi connectivity index (χ3v) is 4.30. The molecule has 2 heterocycles. The van der Waals surface area contributed by atoms with Crippen molar-refractivity contribution in [3.05, 3.63) is 35.2 Å². The highest BCUT2D eigenvalue weighted by Crippen LogP contribution is 2.40. The Labute approximate surface area is 127 Å². The van der Waals surface area contributed by atoms with E-state index in [4.69, 9.17) is 11.6 Å². The molecule has 0 bridgehead atoms. The smallest absolute Gasteiger partial charge is 0.135 e. The summed E-state index contributed by atoms with van der Waals surface area (Å²) in [5.74, 6) is 2.32. The molecule has 20 heavy (non-hydrogen) atoms. The lowest BCUT2D eigenvalue weighted by atomic mass is 10.4. The SMILES string of the molecule is CCNc1cc(Sc2ncccc2Cl)nc(C2CC2)n1. The summed E-state index contributed by atoms with van der Waals surface area (Å²) in [6, 6.07) is 5.61. The van der Waals surface area contributed by atoms with Crippen LogP contribution in [0.15, 0.2) is 34.4 Å². The molecule has 0 saturated heterocycles. The van der Waals surface area contributed by atoms with Crippen LogP contribution >= 0.6 is 23.4 Å². The number of halogens is 1. The fourth-order valence-corrected chi connectivity index (χ4v) is 2.86. The molecular weight excluding hydrogens is 292 g/mol. The minimum atomic E-state index is 0.521. The molecule has 1 aliphatic rings. The van der Waals surface area contributed by atoms with E-state index in [1.165, 1.54) is 24.6 Å². The molecule has 2 aromatic heterocycles. The normalized spacial score (nSPS) is 14.3. The molecule has 0 aromatic carbocycles. The van der Waals surface area contributed by atoms with Crippen molar-refractivity contribution in [3.63, 3.8) is 0 Å². The van der Waals surface area contributed by atoms with Crippen LogP contribution in [-0.2, 0) is 0 Å². The first-order chi connectivity index (χ1) is 9.76. The summed E-state index contributed by atoms with van der Waals surface area (Å²) in [5.41, 5.74) is 0. The Morgan fingerprint density at radius 1 is 1.40 bits per heavy atom. The van der Waals surface area contributed by atoms with Gasteiger partial charge in [0.15, 0.2) is 0 Å². The maximum Gasteiger partial charge on any atom is 0.135 e. The Balaban J connectivity index is 1.89. The van der Waals surface area contributed by atoms with Gasteiger partial charge in [-0.25, -0.2) is 15.0 Å². The summed E-state index contributed by atoms with van der Waals surface area (Å²) in [7, 11) is 0. The molecule has 0 spiro atoms. The predicted molar refractivity (Wildman–Crippen MR) is 81.5 cm³/mol. The van der Waals surface area contributed by atoms with E-state index >= 15 is 0 Å². The van der Waals surface area contributed by atoms with E-state index in [2.05, 4.69) is 27.2 Å². The Kier molecular flexibility index (Phi) is 4.08. The summed E-state index contributed by atoms with van der Waals surface area (Å²) in [6.45, 7) is 2.90. The van der Waals surface area contributed by atoms with Crippen LogP contribution in [0.4, 0.5) is 5.82 Å². The molecule has 0 radical (unpaired) electrons. The van der Waals surface area contributed by atoms with Gasteiger partial charge >= 0.3 is 0 Å². The summed E-state index contributed by atoms with van der Waals surface area (Å²) < 4.78 is 0. The van der Waals surface area contributed by atoms with Gasteiger partial charge in [-0.2, -0.15) is 0 Å². The summed E-state index contributed by atoms with van der Waals surface area (Å²) in [4.78, 5) is 13.5. The number of hydrogen-bond acceptors (Lipinski definition) is 5. The average molecular weight is 307 g/mol. The average Bonchev–Trinajstić information content (AvgIpc) is 3.26. The largest absolute Gasteiger partial charge is 0.370 e. The minimum absolute atomic E-state index is 0.521. The Hall–Kier alpha value is -1.33. The van der Waals surface area contributed by atoms with Crippen molar-refractivity contribution in [2.24, 2.45) is 0 Å². The van der Waals surface area contributed by atoms with Gasteiger partial charge in [-0.15, -0.1) is 0 Å². The van der Waals surface area contributed by atoms with Crippen molar-refractivity contribution < 1.29 is 0 Å². The molecule has 6 heteroatoms. The Morgan fingerprint density at radius 3 is 2.95 bits per heavy atom. The molecular formula is C14H15ClN4S. The van der Waals surface area contributed by atoms with Crippen LogP contribution in [0.2, 0.25) is 5.02 Å². The number of anilines is 1. The first kappa shape index (κ1) is 13.6. The standard InChI is InChI=1S/C14H15ClN4S/c1-2-16-11-8-12(19-13(18-11)9-5-6-9)20-14-10(15)4-3-7-17-14/h3-4,7-9H,2,5-6H2,1H3,(H,16,18,19). The lowest BCUT2D eigenvalue weighted by Gasteiger charge is -2.08. The van der Waals surface area contributed by atoms with Gasteiger partial charge in [-0.3, -0.25) is 0 Å². The zero-order chi connectivity index (χ0) is 13.9. The quantitative estimate of drug-likeness (QED) is 0.847. The van der Waals surface area contributed by atoms with Crippen LogP contribution in [0, 0.1) is 0 Å². The van der Waals surface area contributed by atoms with Gasteiger partial charge in [0.1, 0.15) is 21.7 Å². The van der Waals surface area contributed by atoms with E-state index < -0.39 is 0 Å². The molecule has 0 unspecified atom stereocenters. The van der Waals surface area contributed by atoms with Crippen molar-refractivity contribution in [2.75, 3.05) is 11.9 Å². The third kappa shape index (κ3) is 3.22. The van der Waals surface area contributed by atoms with E-state index in [0.717, 1.165) is 28.2 Å². The van der Waals surface area contributed by atoms with Crippen LogP contribution in [0.3, 0.4) is 0 Å². The zero-order valence-corrected chi connectivity index (χ0v) is 12.7. The van der Waals surface area contributed by atoms with Gasteiger partial charge in [-0.05, 0) is 43.7 Å². The maximum absolute atomic E-state index is 6.15. The molecule has 4 nitrogen and oxygen atoms in total. The van der Waals surface area contributed by atoms with Gasteiger partial charge in [0.25, 0.3) is 0 Å². The van der Waals surface area contributed by atoms with Crippen molar-refractivity contribution in [2.45, 2.75) is 35.7 Å². The highest BCUT2D eigenvalue weighted by molar-refractivity contribution is 7.99. The Morgan fingerprint density at radius 2 is 2.25 bits per heavy atom. The van der Waals surface area contributed by atoms with E-state index in [1.807, 2.05) is 18.2 Å². The number of hydrogen-bond donors (Lipinski definition) is 1. The third-order valence-electron chi connectivity index (χ3n) is 2.95. The van der Waals surface area contributed by atoms with Gasteiger partial charge < -0.3 is 5.32 Å². The van der Waals surface area contributed by atoms with Crippen LogP contribution < -0.4 is 5.32 Å². The van der Waals surface area contributed by atoms with Crippen LogP contribution in [0.25, 0.3) is 0 Å². The fourth-order valence-electron chi connectivity index (χ4n) is 1.84. The lowest BCUT2D eigenvalue weighted by Crippen LogP contribution is -2.03. The topological polar surface area (TPSA) is 50.7 Å². The molecule has 2 aromatic rings. The second-order valence-corrected chi connectivity index (χ2v) is 6.06. The monoisotopic (exact) mass is 306 g/mol. The number of aromatic nitrogens is 3.